The van der Waals surface area contributed by atoms with Crippen molar-refractivity contribution in [1.29, 1.82) is 0 Å². The van der Waals surface area contributed by atoms with Gasteiger partial charge in [0.15, 0.2) is 0 Å². The molecule has 3 rings (SSSR count). The Morgan fingerprint density at radius 3 is 2.68 bits per heavy atom. The summed E-state index contributed by atoms with van der Waals surface area (Å²) >= 11 is 0. The number of piperidine rings is 1. The molecule has 3 nitrogen and oxygen atoms in total. The van der Waals surface area contributed by atoms with E-state index in [1.165, 1.54) is 11.1 Å². The van der Waals surface area contributed by atoms with Gasteiger partial charge in [-0.1, -0.05) is 39.0 Å². The van der Waals surface area contributed by atoms with E-state index in [0.717, 1.165) is 31.5 Å². The van der Waals surface area contributed by atoms with Gasteiger partial charge in [-0.3, -0.25) is 4.79 Å². The van der Waals surface area contributed by atoms with Gasteiger partial charge in [-0.15, -0.1) is 0 Å². The number of allylic oxidation sites excluding steroid dienone is 1. The average Bonchev–Trinajstić information content (AvgIpc) is 2.88. The first-order valence-corrected chi connectivity index (χ1v) is 8.42. The number of carbonyl (C=O) groups is 1. The van der Waals surface area contributed by atoms with Crippen LogP contribution >= 0.6 is 0 Å². The normalized spacial score (nSPS) is 21.5. The Kier molecular flexibility index (Phi) is 4.34. The molecule has 1 heterocycles. The number of hydrogen-bond acceptors (Lipinski definition) is 2. The number of fused-ring (bicyclic) bond motifs is 1. The van der Waals surface area contributed by atoms with E-state index in [1.54, 1.807) is 0 Å². The van der Waals surface area contributed by atoms with Gasteiger partial charge in [0.1, 0.15) is 0 Å². The summed E-state index contributed by atoms with van der Waals surface area (Å²) in [7, 11) is 0. The molecular weight excluding hydrogens is 272 g/mol. The summed E-state index contributed by atoms with van der Waals surface area (Å²) in [5, 5.41) is 3.57. The number of nitrogens with one attached hydrogen (secondary N) is 1. The summed E-state index contributed by atoms with van der Waals surface area (Å²) < 4.78 is 0. The monoisotopic (exact) mass is 298 g/mol. The van der Waals surface area contributed by atoms with Crippen LogP contribution in [0.2, 0.25) is 0 Å². The minimum atomic E-state index is 0.179. The Labute approximate surface area is 133 Å². The first-order valence-electron chi connectivity index (χ1n) is 8.42. The molecule has 118 valence electrons. The lowest BCUT2D eigenvalue weighted by Crippen LogP contribution is -2.46. The Morgan fingerprint density at radius 2 is 2.00 bits per heavy atom. The Balaban J connectivity index is 1.65. The zero-order valence-electron chi connectivity index (χ0n) is 13.8. The average molecular weight is 298 g/mol. The van der Waals surface area contributed by atoms with Crippen molar-refractivity contribution in [3.05, 3.63) is 41.0 Å². The summed E-state index contributed by atoms with van der Waals surface area (Å²) in [4.78, 5) is 14.7. The standard InChI is InChI=1S/C19H26N2O/c1-13(2)20-17-8-10-21(11-9-17)19(22)16-6-7-18-14(3)4-5-15(18)12-16/h4-7,12-14,17,20H,8-11H2,1-3H3. The van der Waals surface area contributed by atoms with Gasteiger partial charge in [0.05, 0.1) is 0 Å². The molecule has 1 aliphatic heterocycles. The van der Waals surface area contributed by atoms with Crippen molar-refractivity contribution in [3.63, 3.8) is 0 Å². The number of hydrogen-bond donors (Lipinski definition) is 1. The van der Waals surface area contributed by atoms with E-state index in [-0.39, 0.29) is 5.91 Å². The van der Waals surface area contributed by atoms with Gasteiger partial charge in [0.2, 0.25) is 0 Å². The van der Waals surface area contributed by atoms with Crippen LogP contribution in [0.25, 0.3) is 6.08 Å². The lowest BCUT2D eigenvalue weighted by Gasteiger charge is -2.33. The predicted molar refractivity (Wildman–Crippen MR) is 91.1 cm³/mol. The second-order valence-electron chi connectivity index (χ2n) is 6.88. The quantitative estimate of drug-likeness (QED) is 0.927. The number of likely N-dealkylation sites (tertiary alicyclic amines) is 1. The maximum atomic E-state index is 12.7. The molecule has 1 fully saturated rings. The summed E-state index contributed by atoms with van der Waals surface area (Å²) in [5.74, 6) is 0.649. The highest BCUT2D eigenvalue weighted by Gasteiger charge is 2.24. The van der Waals surface area contributed by atoms with E-state index in [4.69, 9.17) is 0 Å². The maximum Gasteiger partial charge on any atom is 0.253 e. The molecule has 22 heavy (non-hydrogen) atoms. The van der Waals surface area contributed by atoms with Crippen LogP contribution in [0.15, 0.2) is 24.3 Å². The largest absolute Gasteiger partial charge is 0.339 e. The van der Waals surface area contributed by atoms with Crippen molar-refractivity contribution in [3.8, 4) is 0 Å². The first kappa shape index (κ1) is 15.3. The molecule has 1 aliphatic carbocycles. The van der Waals surface area contributed by atoms with Crippen molar-refractivity contribution in [2.75, 3.05) is 13.1 Å². The summed E-state index contributed by atoms with van der Waals surface area (Å²) in [5.41, 5.74) is 3.36. The van der Waals surface area contributed by atoms with Gasteiger partial charge in [-0.25, -0.2) is 0 Å². The maximum absolute atomic E-state index is 12.7. The molecule has 0 radical (unpaired) electrons. The van der Waals surface area contributed by atoms with Gasteiger partial charge < -0.3 is 10.2 Å². The SMILES string of the molecule is CC(C)NC1CCN(C(=O)c2ccc3c(c2)C=CC3C)CC1. The lowest BCUT2D eigenvalue weighted by molar-refractivity contribution is 0.0703. The molecule has 1 aromatic carbocycles. The van der Waals surface area contributed by atoms with E-state index >= 15 is 0 Å². The van der Waals surface area contributed by atoms with Crippen LogP contribution in [-0.2, 0) is 0 Å². The first-order chi connectivity index (χ1) is 10.5. The third-order valence-electron chi connectivity index (χ3n) is 4.74. The van der Waals surface area contributed by atoms with E-state index < -0.39 is 0 Å². The van der Waals surface area contributed by atoms with Crippen LogP contribution in [0.3, 0.4) is 0 Å². The molecule has 1 amide bonds. The van der Waals surface area contributed by atoms with E-state index in [2.05, 4.69) is 50.4 Å². The van der Waals surface area contributed by atoms with Crippen molar-refractivity contribution < 1.29 is 4.79 Å². The van der Waals surface area contributed by atoms with Crippen LogP contribution in [0.1, 0.15) is 61.0 Å². The van der Waals surface area contributed by atoms with Crippen molar-refractivity contribution in [2.45, 2.75) is 51.6 Å². The molecule has 2 aliphatic rings. The van der Waals surface area contributed by atoms with Crippen molar-refractivity contribution >= 4 is 12.0 Å². The molecule has 0 bridgehead atoms. The fourth-order valence-corrected chi connectivity index (χ4v) is 3.52. The number of benzene rings is 1. The van der Waals surface area contributed by atoms with Crippen LogP contribution in [0.4, 0.5) is 0 Å². The molecule has 3 heteroatoms. The van der Waals surface area contributed by atoms with Gasteiger partial charge in [-0.2, -0.15) is 0 Å². The zero-order valence-corrected chi connectivity index (χ0v) is 13.8. The van der Waals surface area contributed by atoms with Crippen LogP contribution in [0, 0.1) is 0 Å². The topological polar surface area (TPSA) is 32.3 Å². The Hall–Kier alpha value is -1.61. The van der Waals surface area contributed by atoms with Gasteiger partial charge in [-0.05, 0) is 42.0 Å². The smallest absolute Gasteiger partial charge is 0.253 e. The summed E-state index contributed by atoms with van der Waals surface area (Å²) in [6.07, 6.45) is 6.43. The third-order valence-corrected chi connectivity index (χ3v) is 4.74. The number of nitrogens with zero attached hydrogens (tertiary/aromatic N) is 1. The third kappa shape index (κ3) is 3.09. The molecule has 0 spiro atoms. The summed E-state index contributed by atoms with van der Waals surface area (Å²) in [6, 6.07) is 7.21. The molecule has 0 saturated carbocycles. The van der Waals surface area contributed by atoms with E-state index in [0.29, 0.717) is 18.0 Å². The second-order valence-corrected chi connectivity index (χ2v) is 6.88. The Morgan fingerprint density at radius 1 is 1.27 bits per heavy atom. The number of amides is 1. The number of rotatable bonds is 3. The van der Waals surface area contributed by atoms with Crippen LogP contribution in [-0.4, -0.2) is 36.0 Å². The minimum Gasteiger partial charge on any atom is -0.339 e. The highest BCUT2D eigenvalue weighted by molar-refractivity contribution is 5.95. The van der Waals surface area contributed by atoms with Crippen molar-refractivity contribution in [2.24, 2.45) is 0 Å². The highest BCUT2D eigenvalue weighted by Crippen LogP contribution is 2.30. The molecule has 0 aromatic heterocycles. The lowest BCUT2D eigenvalue weighted by atomic mass is 9.99. The van der Waals surface area contributed by atoms with Crippen LogP contribution < -0.4 is 5.32 Å². The van der Waals surface area contributed by atoms with Gasteiger partial charge >= 0.3 is 0 Å². The molecule has 1 atom stereocenters. The highest BCUT2D eigenvalue weighted by atomic mass is 16.2. The minimum absolute atomic E-state index is 0.179. The van der Waals surface area contributed by atoms with E-state index in [9.17, 15) is 4.79 Å². The summed E-state index contributed by atoms with van der Waals surface area (Å²) in [6.45, 7) is 8.25. The van der Waals surface area contributed by atoms with E-state index in [1.807, 2.05) is 11.0 Å². The van der Waals surface area contributed by atoms with Crippen LogP contribution in [0.5, 0.6) is 0 Å². The molecule has 1 aromatic rings. The predicted octanol–water partition coefficient (Wildman–Crippen LogP) is 3.42. The van der Waals surface area contributed by atoms with Gasteiger partial charge in [0.25, 0.3) is 5.91 Å². The van der Waals surface area contributed by atoms with Gasteiger partial charge in [0, 0.05) is 30.7 Å². The molecular formula is C19H26N2O. The zero-order chi connectivity index (χ0) is 15.7. The fraction of sp³-hybridized carbons (Fsp3) is 0.526. The molecule has 1 saturated heterocycles. The fourth-order valence-electron chi connectivity index (χ4n) is 3.52. The molecule has 1 N–H and O–H groups in total. The number of carbonyl (C=O) groups excluding carboxylic acids is 1. The second kappa shape index (κ2) is 6.25. The Bertz CT molecular complexity index is 583. The van der Waals surface area contributed by atoms with Crippen molar-refractivity contribution in [1.82, 2.24) is 10.2 Å². The molecule has 1 unspecified atom stereocenters.